The SMILES string of the molecule is CN(C)CCN1C(=O)C(O)=C(C(=O)/C=C/c2ccco2)C1c1cccc(Cl)c1. The lowest BCUT2D eigenvalue weighted by molar-refractivity contribution is -0.129. The third-order valence-corrected chi connectivity index (χ3v) is 4.70. The number of nitrogens with zero attached hydrogens (tertiary/aromatic N) is 2. The van der Waals surface area contributed by atoms with Gasteiger partial charge in [0.2, 0.25) is 0 Å². The Kier molecular flexibility index (Phi) is 6.02. The number of carbonyl (C=O) groups is 2. The van der Waals surface area contributed by atoms with Gasteiger partial charge in [-0.05, 0) is 56.1 Å². The Balaban J connectivity index is 1.98. The first-order chi connectivity index (χ1) is 13.4. The van der Waals surface area contributed by atoms with Crippen LogP contribution in [-0.2, 0) is 9.59 Å². The second-order valence-corrected chi connectivity index (χ2v) is 7.17. The van der Waals surface area contributed by atoms with Crippen LogP contribution in [0, 0.1) is 0 Å². The quantitative estimate of drug-likeness (QED) is 0.720. The van der Waals surface area contributed by atoms with Gasteiger partial charge >= 0.3 is 0 Å². The number of allylic oxidation sites excluding steroid dienone is 1. The van der Waals surface area contributed by atoms with Gasteiger partial charge in [0.25, 0.3) is 5.91 Å². The molecule has 0 bridgehead atoms. The number of rotatable bonds is 7. The van der Waals surface area contributed by atoms with Gasteiger partial charge < -0.3 is 19.3 Å². The first-order valence-electron chi connectivity index (χ1n) is 8.78. The standard InChI is InChI=1S/C21H21ClN2O4/c1-23(2)10-11-24-19(14-5-3-6-15(22)13-14)18(20(26)21(24)27)17(25)9-8-16-7-4-12-28-16/h3-9,12-13,19,26H,10-11H2,1-2H3/b9-8+. The molecule has 3 rings (SSSR count). The molecule has 2 aromatic rings. The number of ketones is 1. The summed E-state index contributed by atoms with van der Waals surface area (Å²) in [5, 5.41) is 11.0. The summed E-state index contributed by atoms with van der Waals surface area (Å²) in [4.78, 5) is 29.0. The van der Waals surface area contributed by atoms with Crippen molar-refractivity contribution >= 4 is 29.4 Å². The van der Waals surface area contributed by atoms with Crippen LogP contribution in [0.4, 0.5) is 0 Å². The number of aliphatic hydroxyl groups excluding tert-OH is 1. The van der Waals surface area contributed by atoms with Gasteiger partial charge in [-0.1, -0.05) is 23.7 Å². The van der Waals surface area contributed by atoms with Crippen LogP contribution in [-0.4, -0.2) is 53.8 Å². The summed E-state index contributed by atoms with van der Waals surface area (Å²) in [6, 6.07) is 9.66. The molecule has 1 aromatic carbocycles. The number of furan rings is 1. The minimum absolute atomic E-state index is 0.0360. The van der Waals surface area contributed by atoms with Crippen molar-refractivity contribution in [1.29, 1.82) is 0 Å². The second-order valence-electron chi connectivity index (χ2n) is 6.73. The molecule has 6 nitrogen and oxygen atoms in total. The summed E-state index contributed by atoms with van der Waals surface area (Å²) in [6.45, 7) is 0.936. The highest BCUT2D eigenvalue weighted by Crippen LogP contribution is 2.38. The second kappa shape index (κ2) is 8.46. The van der Waals surface area contributed by atoms with E-state index >= 15 is 0 Å². The first kappa shape index (κ1) is 19.9. The zero-order chi connectivity index (χ0) is 20.3. The zero-order valence-electron chi connectivity index (χ0n) is 15.6. The van der Waals surface area contributed by atoms with Crippen LogP contribution in [0.1, 0.15) is 17.4 Å². The summed E-state index contributed by atoms with van der Waals surface area (Å²) in [6.07, 6.45) is 4.30. The van der Waals surface area contributed by atoms with Gasteiger partial charge in [-0.25, -0.2) is 0 Å². The van der Waals surface area contributed by atoms with Gasteiger partial charge in [-0.3, -0.25) is 9.59 Å². The fourth-order valence-corrected chi connectivity index (χ4v) is 3.30. The number of halogens is 1. The van der Waals surface area contributed by atoms with Crippen LogP contribution in [0.5, 0.6) is 0 Å². The highest BCUT2D eigenvalue weighted by molar-refractivity contribution is 6.30. The smallest absolute Gasteiger partial charge is 0.290 e. The van der Waals surface area contributed by atoms with Crippen LogP contribution < -0.4 is 0 Å². The van der Waals surface area contributed by atoms with Crippen LogP contribution in [0.2, 0.25) is 5.02 Å². The Hall–Kier alpha value is -2.83. The maximum absolute atomic E-state index is 12.9. The minimum Gasteiger partial charge on any atom is -0.503 e. The average molecular weight is 401 g/mol. The third-order valence-electron chi connectivity index (χ3n) is 4.46. The summed E-state index contributed by atoms with van der Waals surface area (Å²) >= 11 is 6.13. The lowest BCUT2D eigenvalue weighted by atomic mass is 9.96. The molecule has 1 N–H and O–H groups in total. The molecule has 7 heteroatoms. The summed E-state index contributed by atoms with van der Waals surface area (Å²) in [7, 11) is 3.78. The third kappa shape index (κ3) is 4.18. The van der Waals surface area contributed by atoms with Crippen molar-refractivity contribution in [2.24, 2.45) is 0 Å². The molecule has 1 atom stereocenters. The van der Waals surface area contributed by atoms with Crippen molar-refractivity contribution in [3.63, 3.8) is 0 Å². The summed E-state index contributed by atoms with van der Waals surface area (Å²) in [5.41, 5.74) is 0.701. The van der Waals surface area contributed by atoms with Crippen LogP contribution >= 0.6 is 11.6 Å². The lowest BCUT2D eigenvalue weighted by Crippen LogP contribution is -2.36. The Morgan fingerprint density at radius 3 is 2.75 bits per heavy atom. The maximum atomic E-state index is 12.9. The molecule has 0 spiro atoms. The van der Waals surface area contributed by atoms with E-state index in [-0.39, 0.29) is 5.57 Å². The van der Waals surface area contributed by atoms with Crippen molar-refractivity contribution in [3.05, 3.63) is 76.4 Å². The molecular weight excluding hydrogens is 380 g/mol. The zero-order valence-corrected chi connectivity index (χ0v) is 16.4. The Morgan fingerprint density at radius 2 is 2.11 bits per heavy atom. The number of hydrogen-bond donors (Lipinski definition) is 1. The number of benzene rings is 1. The maximum Gasteiger partial charge on any atom is 0.290 e. The number of amides is 1. The van der Waals surface area contributed by atoms with Gasteiger partial charge in [0.05, 0.1) is 17.9 Å². The highest BCUT2D eigenvalue weighted by atomic mass is 35.5. The summed E-state index contributed by atoms with van der Waals surface area (Å²) in [5.74, 6) is -1.06. The van der Waals surface area contributed by atoms with E-state index < -0.39 is 23.5 Å². The van der Waals surface area contributed by atoms with E-state index in [0.29, 0.717) is 29.4 Å². The van der Waals surface area contributed by atoms with Crippen molar-refractivity contribution in [2.45, 2.75) is 6.04 Å². The molecule has 1 aliphatic heterocycles. The van der Waals surface area contributed by atoms with E-state index in [9.17, 15) is 14.7 Å². The first-order valence-corrected chi connectivity index (χ1v) is 9.16. The van der Waals surface area contributed by atoms with Crippen molar-refractivity contribution < 1.29 is 19.1 Å². The van der Waals surface area contributed by atoms with Gasteiger partial charge in [0.15, 0.2) is 11.5 Å². The fraction of sp³-hybridized carbons (Fsp3) is 0.238. The Bertz CT molecular complexity index is 932. The van der Waals surface area contributed by atoms with E-state index in [0.717, 1.165) is 0 Å². The molecule has 0 saturated carbocycles. The molecule has 0 saturated heterocycles. The van der Waals surface area contributed by atoms with Gasteiger partial charge in [-0.15, -0.1) is 0 Å². The Morgan fingerprint density at radius 1 is 1.32 bits per heavy atom. The number of likely N-dealkylation sites (N-methyl/N-ethyl adjacent to an activating group) is 1. The highest BCUT2D eigenvalue weighted by Gasteiger charge is 2.42. The topological polar surface area (TPSA) is 74.0 Å². The summed E-state index contributed by atoms with van der Waals surface area (Å²) < 4.78 is 5.19. The molecule has 146 valence electrons. The van der Waals surface area contributed by atoms with Crippen molar-refractivity contribution in [3.8, 4) is 0 Å². The molecule has 1 amide bonds. The predicted octanol–water partition coefficient (Wildman–Crippen LogP) is 3.47. The fourth-order valence-electron chi connectivity index (χ4n) is 3.10. The number of carbonyl (C=O) groups excluding carboxylic acids is 2. The van der Waals surface area contributed by atoms with E-state index in [2.05, 4.69) is 0 Å². The molecule has 1 unspecified atom stereocenters. The lowest BCUT2D eigenvalue weighted by Gasteiger charge is -2.27. The van der Waals surface area contributed by atoms with Crippen LogP contribution in [0.25, 0.3) is 6.08 Å². The molecular formula is C21H21ClN2O4. The van der Waals surface area contributed by atoms with Gasteiger partial charge in [0.1, 0.15) is 5.76 Å². The van der Waals surface area contributed by atoms with E-state index in [4.69, 9.17) is 16.0 Å². The van der Waals surface area contributed by atoms with E-state index in [1.54, 1.807) is 36.4 Å². The number of aliphatic hydroxyl groups is 1. The predicted molar refractivity (Wildman–Crippen MR) is 107 cm³/mol. The minimum atomic E-state index is -0.708. The molecule has 2 heterocycles. The van der Waals surface area contributed by atoms with Crippen molar-refractivity contribution in [2.75, 3.05) is 27.2 Å². The van der Waals surface area contributed by atoms with E-state index in [1.165, 1.54) is 23.3 Å². The molecule has 0 radical (unpaired) electrons. The largest absolute Gasteiger partial charge is 0.503 e. The molecule has 28 heavy (non-hydrogen) atoms. The Labute approximate surface area is 168 Å². The molecule has 1 aromatic heterocycles. The van der Waals surface area contributed by atoms with E-state index in [1.807, 2.05) is 19.0 Å². The monoisotopic (exact) mass is 400 g/mol. The normalized spacial score (nSPS) is 17.4. The van der Waals surface area contributed by atoms with Gasteiger partial charge in [-0.2, -0.15) is 0 Å². The molecule has 0 aliphatic carbocycles. The van der Waals surface area contributed by atoms with Crippen LogP contribution in [0.3, 0.4) is 0 Å². The average Bonchev–Trinajstić information content (AvgIpc) is 3.25. The molecule has 0 fully saturated rings. The number of hydrogen-bond acceptors (Lipinski definition) is 5. The molecule has 1 aliphatic rings. The van der Waals surface area contributed by atoms with Crippen LogP contribution in [0.15, 0.2) is 64.5 Å². The van der Waals surface area contributed by atoms with Crippen molar-refractivity contribution in [1.82, 2.24) is 9.80 Å². The van der Waals surface area contributed by atoms with Gasteiger partial charge in [0, 0.05) is 18.1 Å².